The van der Waals surface area contributed by atoms with Crippen LogP contribution in [0.5, 0.6) is 0 Å². The van der Waals surface area contributed by atoms with Crippen molar-refractivity contribution in [3.05, 3.63) is 24.2 Å². The first-order valence-corrected chi connectivity index (χ1v) is 16.1. The van der Waals surface area contributed by atoms with Gasteiger partial charge in [-0.05, 0) is 88.0 Å². The predicted molar refractivity (Wildman–Crippen MR) is 171 cm³/mol. The quantitative estimate of drug-likeness (QED) is 0.121. The standard InChI is InChI=1S/C33H57N5O7/c1-24(39)15-13-14-18-38-20-25(34-35-38)19-36(21-28(40)43-31(2,3)4)26-16-11-12-17-27(26)37(22-29(41)44-32(5,6)7)23-30(42)45-33(8,9)10/h20,26-27,39H,1,11-19,21-23H2,2-10H3. The molecule has 1 saturated carbocycles. The van der Waals surface area contributed by atoms with E-state index >= 15 is 0 Å². The summed E-state index contributed by atoms with van der Waals surface area (Å²) in [5, 5.41) is 18.0. The summed E-state index contributed by atoms with van der Waals surface area (Å²) in [4.78, 5) is 43.2. The van der Waals surface area contributed by atoms with Crippen LogP contribution in [0.2, 0.25) is 0 Å². The predicted octanol–water partition coefficient (Wildman–Crippen LogP) is 4.96. The zero-order valence-electron chi connectivity index (χ0n) is 29.1. The summed E-state index contributed by atoms with van der Waals surface area (Å²) in [6.45, 7) is 20.7. The average Bonchev–Trinajstić information content (AvgIpc) is 3.29. The van der Waals surface area contributed by atoms with Crippen molar-refractivity contribution in [1.82, 2.24) is 24.8 Å². The lowest BCUT2D eigenvalue weighted by molar-refractivity contribution is -0.164. The van der Waals surface area contributed by atoms with Gasteiger partial charge in [0, 0.05) is 37.8 Å². The molecule has 0 bridgehead atoms. The van der Waals surface area contributed by atoms with Crippen LogP contribution in [-0.2, 0) is 41.7 Å². The lowest BCUT2D eigenvalue weighted by atomic mass is 9.87. The van der Waals surface area contributed by atoms with E-state index in [1.807, 2.05) is 78.3 Å². The zero-order chi connectivity index (χ0) is 34.0. The van der Waals surface area contributed by atoms with Gasteiger partial charge in [0.2, 0.25) is 0 Å². The highest BCUT2D eigenvalue weighted by molar-refractivity contribution is 5.75. The maximum atomic E-state index is 13.2. The summed E-state index contributed by atoms with van der Waals surface area (Å²) in [6.07, 6.45) is 7.32. The molecule has 0 aromatic carbocycles. The monoisotopic (exact) mass is 635 g/mol. The van der Waals surface area contributed by atoms with Crippen molar-refractivity contribution in [3.8, 4) is 0 Å². The van der Waals surface area contributed by atoms with E-state index in [0.29, 0.717) is 25.2 Å². The number of rotatable bonds is 15. The highest BCUT2D eigenvalue weighted by atomic mass is 16.6. The maximum Gasteiger partial charge on any atom is 0.320 e. The van der Waals surface area contributed by atoms with Gasteiger partial charge in [-0.2, -0.15) is 0 Å². The minimum Gasteiger partial charge on any atom is -0.513 e. The van der Waals surface area contributed by atoms with Crippen LogP contribution >= 0.6 is 0 Å². The van der Waals surface area contributed by atoms with E-state index in [-0.39, 0.29) is 43.4 Å². The molecule has 2 rings (SSSR count). The van der Waals surface area contributed by atoms with E-state index < -0.39 is 28.7 Å². The van der Waals surface area contributed by atoms with Crippen LogP contribution in [-0.4, -0.2) is 96.3 Å². The molecule has 0 amide bonds. The molecule has 2 atom stereocenters. The number of ether oxygens (including phenoxy) is 3. The summed E-state index contributed by atoms with van der Waals surface area (Å²) < 4.78 is 18.8. The first kappa shape index (κ1) is 38.2. The number of unbranched alkanes of at least 4 members (excludes halogenated alkanes) is 1. The number of hydrogen-bond acceptors (Lipinski definition) is 11. The van der Waals surface area contributed by atoms with Crippen LogP contribution in [0.1, 0.15) is 113 Å². The third kappa shape index (κ3) is 15.7. The Bertz CT molecular complexity index is 1100. The number of carbonyl (C=O) groups is 3. The fraction of sp³-hybridized carbons (Fsp3) is 0.788. The number of aromatic nitrogens is 3. The van der Waals surface area contributed by atoms with Crippen molar-refractivity contribution in [2.24, 2.45) is 0 Å². The molecule has 1 aliphatic carbocycles. The zero-order valence-corrected chi connectivity index (χ0v) is 29.1. The van der Waals surface area contributed by atoms with Gasteiger partial charge >= 0.3 is 17.9 Å². The van der Waals surface area contributed by atoms with Gasteiger partial charge in [-0.25, -0.2) is 0 Å². The maximum absolute atomic E-state index is 13.2. The lowest BCUT2D eigenvalue weighted by Gasteiger charge is -2.44. The second kappa shape index (κ2) is 16.5. The van der Waals surface area contributed by atoms with Gasteiger partial charge < -0.3 is 19.3 Å². The SMILES string of the molecule is C=C(O)CCCCn1cc(CN(CC(=O)OC(C)(C)C)C2CCCCC2N(CC(=O)OC(C)(C)C)CC(=O)OC(C)(C)C)nn1. The number of esters is 3. The van der Waals surface area contributed by atoms with Gasteiger partial charge in [0.05, 0.1) is 31.1 Å². The van der Waals surface area contributed by atoms with E-state index in [1.165, 1.54) is 0 Å². The number of aryl methyl sites for hydroxylation is 1. The van der Waals surface area contributed by atoms with Gasteiger partial charge in [-0.3, -0.25) is 28.9 Å². The highest BCUT2D eigenvalue weighted by Crippen LogP contribution is 2.29. The van der Waals surface area contributed by atoms with Crippen molar-refractivity contribution >= 4 is 17.9 Å². The van der Waals surface area contributed by atoms with Gasteiger partial charge in [0.25, 0.3) is 0 Å². The van der Waals surface area contributed by atoms with Crippen LogP contribution in [0.3, 0.4) is 0 Å². The number of allylic oxidation sites excluding steroid dienone is 1. The molecule has 0 aliphatic heterocycles. The second-order valence-electron chi connectivity index (χ2n) is 15.0. The lowest BCUT2D eigenvalue weighted by Crippen LogP contribution is -2.57. The molecule has 1 aromatic heterocycles. The largest absolute Gasteiger partial charge is 0.513 e. The van der Waals surface area contributed by atoms with Crippen molar-refractivity contribution in [1.29, 1.82) is 0 Å². The highest BCUT2D eigenvalue weighted by Gasteiger charge is 2.38. The molecule has 1 N–H and O–H groups in total. The molecule has 12 nitrogen and oxygen atoms in total. The van der Waals surface area contributed by atoms with Gasteiger partial charge in [-0.1, -0.05) is 24.6 Å². The van der Waals surface area contributed by atoms with E-state index in [2.05, 4.69) is 16.9 Å². The molecular formula is C33H57N5O7. The second-order valence-corrected chi connectivity index (χ2v) is 15.0. The van der Waals surface area contributed by atoms with Crippen molar-refractivity contribution in [2.45, 2.75) is 149 Å². The Kier molecular flexibility index (Phi) is 14.0. The van der Waals surface area contributed by atoms with E-state index in [9.17, 15) is 19.5 Å². The Morgan fingerprint density at radius 1 is 0.822 bits per heavy atom. The number of aliphatic hydroxyl groups is 1. The molecule has 1 fully saturated rings. The molecule has 1 aromatic rings. The smallest absolute Gasteiger partial charge is 0.320 e. The van der Waals surface area contributed by atoms with Crippen LogP contribution < -0.4 is 0 Å². The van der Waals surface area contributed by atoms with Crippen LogP contribution in [0.4, 0.5) is 0 Å². The van der Waals surface area contributed by atoms with E-state index in [0.717, 1.165) is 38.5 Å². The molecule has 0 radical (unpaired) electrons. The Hall–Kier alpha value is -2.99. The van der Waals surface area contributed by atoms with E-state index in [4.69, 9.17) is 14.2 Å². The number of carbonyl (C=O) groups excluding carboxylic acids is 3. The average molecular weight is 636 g/mol. The molecule has 1 heterocycles. The fourth-order valence-corrected chi connectivity index (χ4v) is 5.47. The Morgan fingerprint density at radius 2 is 1.27 bits per heavy atom. The minimum atomic E-state index is -0.679. The molecule has 256 valence electrons. The van der Waals surface area contributed by atoms with Gasteiger partial charge in [0.1, 0.15) is 16.8 Å². The summed E-state index contributed by atoms with van der Waals surface area (Å²) in [7, 11) is 0. The van der Waals surface area contributed by atoms with Crippen molar-refractivity contribution < 1.29 is 33.7 Å². The summed E-state index contributed by atoms with van der Waals surface area (Å²) in [6, 6.07) is -0.417. The normalized spacial score (nSPS) is 17.8. The molecule has 2 unspecified atom stereocenters. The summed E-state index contributed by atoms with van der Waals surface area (Å²) in [5.74, 6) is -1.06. The summed E-state index contributed by atoms with van der Waals surface area (Å²) >= 11 is 0. The van der Waals surface area contributed by atoms with Crippen molar-refractivity contribution in [2.75, 3.05) is 19.6 Å². The van der Waals surface area contributed by atoms with Gasteiger partial charge in [0.15, 0.2) is 0 Å². The Morgan fingerprint density at radius 3 is 1.71 bits per heavy atom. The fourth-order valence-electron chi connectivity index (χ4n) is 5.47. The molecule has 1 aliphatic rings. The Labute approximate surface area is 269 Å². The Balaban J connectivity index is 2.37. The van der Waals surface area contributed by atoms with Crippen LogP contribution in [0.15, 0.2) is 18.5 Å². The van der Waals surface area contributed by atoms with Crippen LogP contribution in [0, 0.1) is 0 Å². The molecule has 45 heavy (non-hydrogen) atoms. The third-order valence-corrected chi connectivity index (χ3v) is 6.94. The van der Waals surface area contributed by atoms with E-state index in [1.54, 1.807) is 4.68 Å². The van der Waals surface area contributed by atoms with Crippen molar-refractivity contribution in [3.63, 3.8) is 0 Å². The molecular weight excluding hydrogens is 578 g/mol. The number of nitrogens with zero attached hydrogens (tertiary/aromatic N) is 5. The molecule has 0 spiro atoms. The van der Waals surface area contributed by atoms with Crippen LogP contribution in [0.25, 0.3) is 0 Å². The molecule has 12 heteroatoms. The summed E-state index contributed by atoms with van der Waals surface area (Å²) in [5.41, 5.74) is -1.32. The topological polar surface area (TPSA) is 136 Å². The number of hydrogen-bond donors (Lipinski definition) is 1. The third-order valence-electron chi connectivity index (χ3n) is 6.94. The van der Waals surface area contributed by atoms with Gasteiger partial charge in [-0.15, -0.1) is 5.10 Å². The molecule has 0 saturated heterocycles. The minimum absolute atomic E-state index is 0.0105. The first-order chi connectivity index (χ1) is 20.7. The number of aliphatic hydroxyl groups excluding tert-OH is 1. The first-order valence-electron chi connectivity index (χ1n) is 16.1.